The summed E-state index contributed by atoms with van der Waals surface area (Å²) in [5, 5.41) is 14.0. The molecule has 5 nitrogen and oxygen atoms in total. The fraction of sp³-hybridized carbons (Fsp3) is 0.304. The summed E-state index contributed by atoms with van der Waals surface area (Å²) in [6, 6.07) is 13.4. The summed E-state index contributed by atoms with van der Waals surface area (Å²) in [4.78, 5) is 15.1. The summed E-state index contributed by atoms with van der Waals surface area (Å²) < 4.78 is 14.9. The fourth-order valence-electron chi connectivity index (χ4n) is 4.11. The summed E-state index contributed by atoms with van der Waals surface area (Å²) in [5.74, 6) is 0.356. The van der Waals surface area contributed by atoms with Crippen LogP contribution < -0.4 is 0 Å². The first-order chi connectivity index (χ1) is 13.9. The number of hydrogen-bond acceptors (Lipinski definition) is 3. The molecule has 1 aromatic heterocycles. The number of aryl methyl sites for hydroxylation is 1. The van der Waals surface area contributed by atoms with Crippen molar-refractivity contribution in [3.63, 3.8) is 0 Å². The SMILES string of the molecule is Cc1nn(-c2ccc(F)cc2)c(C)c1C(=O)N1CCC(c2ccc(O)cc2)CC1. The number of phenols is 1. The van der Waals surface area contributed by atoms with Gasteiger partial charge in [0.1, 0.15) is 11.6 Å². The van der Waals surface area contributed by atoms with Crippen LogP contribution in [0.15, 0.2) is 48.5 Å². The van der Waals surface area contributed by atoms with Crippen LogP contribution >= 0.6 is 0 Å². The van der Waals surface area contributed by atoms with Gasteiger partial charge in [-0.1, -0.05) is 12.1 Å². The molecule has 0 spiro atoms. The van der Waals surface area contributed by atoms with Crippen LogP contribution in [0, 0.1) is 19.7 Å². The Bertz CT molecular complexity index is 1020. The Labute approximate surface area is 169 Å². The first-order valence-corrected chi connectivity index (χ1v) is 9.84. The normalized spacial score (nSPS) is 14.9. The third-order valence-electron chi connectivity index (χ3n) is 5.72. The monoisotopic (exact) mass is 393 g/mol. The number of aromatic hydroxyl groups is 1. The number of carbonyl (C=O) groups excluding carboxylic acids is 1. The van der Waals surface area contributed by atoms with Crippen molar-refractivity contribution in [1.82, 2.24) is 14.7 Å². The Morgan fingerprint density at radius 3 is 2.28 bits per heavy atom. The molecule has 1 N–H and O–H groups in total. The molecule has 6 heteroatoms. The quantitative estimate of drug-likeness (QED) is 0.720. The molecule has 3 aromatic rings. The number of nitrogens with zero attached hydrogens (tertiary/aromatic N) is 3. The summed E-state index contributed by atoms with van der Waals surface area (Å²) in [6.45, 7) is 5.08. The summed E-state index contributed by atoms with van der Waals surface area (Å²) >= 11 is 0. The molecule has 0 radical (unpaired) electrons. The molecule has 1 saturated heterocycles. The van der Waals surface area contributed by atoms with Crippen LogP contribution in [0.3, 0.4) is 0 Å². The Morgan fingerprint density at radius 1 is 1.03 bits per heavy atom. The number of halogens is 1. The van der Waals surface area contributed by atoms with Crippen molar-refractivity contribution in [2.45, 2.75) is 32.6 Å². The van der Waals surface area contributed by atoms with Crippen molar-refractivity contribution in [1.29, 1.82) is 0 Å². The second kappa shape index (κ2) is 7.70. The van der Waals surface area contributed by atoms with Gasteiger partial charge in [-0.05, 0) is 74.6 Å². The lowest BCUT2D eigenvalue weighted by Gasteiger charge is -2.32. The van der Waals surface area contributed by atoms with E-state index in [1.807, 2.05) is 30.9 Å². The Morgan fingerprint density at radius 2 is 1.66 bits per heavy atom. The number of likely N-dealkylation sites (tertiary alicyclic amines) is 1. The highest BCUT2D eigenvalue weighted by atomic mass is 19.1. The van der Waals surface area contributed by atoms with Crippen LogP contribution in [0.2, 0.25) is 0 Å². The van der Waals surface area contributed by atoms with E-state index < -0.39 is 0 Å². The lowest BCUT2D eigenvalue weighted by molar-refractivity contribution is 0.0711. The van der Waals surface area contributed by atoms with Crippen molar-refractivity contribution >= 4 is 5.91 Å². The highest BCUT2D eigenvalue weighted by molar-refractivity contribution is 5.96. The molecule has 29 heavy (non-hydrogen) atoms. The third kappa shape index (κ3) is 3.75. The average Bonchev–Trinajstić information content (AvgIpc) is 3.03. The first-order valence-electron chi connectivity index (χ1n) is 9.84. The summed E-state index contributed by atoms with van der Waals surface area (Å²) in [6.07, 6.45) is 1.78. The predicted molar refractivity (Wildman–Crippen MR) is 109 cm³/mol. The van der Waals surface area contributed by atoms with E-state index in [4.69, 9.17) is 0 Å². The molecule has 4 rings (SSSR count). The smallest absolute Gasteiger partial charge is 0.257 e. The second-order valence-corrected chi connectivity index (χ2v) is 7.59. The van der Waals surface area contributed by atoms with E-state index in [0.717, 1.165) is 24.2 Å². The van der Waals surface area contributed by atoms with E-state index in [-0.39, 0.29) is 17.5 Å². The molecule has 0 unspecified atom stereocenters. The number of hydrogen-bond donors (Lipinski definition) is 1. The minimum Gasteiger partial charge on any atom is -0.508 e. The van der Waals surface area contributed by atoms with Crippen LogP contribution in [-0.2, 0) is 0 Å². The number of aromatic nitrogens is 2. The maximum atomic E-state index is 13.2. The van der Waals surface area contributed by atoms with Gasteiger partial charge in [0.2, 0.25) is 0 Å². The van der Waals surface area contributed by atoms with Gasteiger partial charge in [0.15, 0.2) is 0 Å². The molecule has 150 valence electrons. The molecule has 0 bridgehead atoms. The van der Waals surface area contributed by atoms with E-state index in [9.17, 15) is 14.3 Å². The molecule has 2 aromatic carbocycles. The second-order valence-electron chi connectivity index (χ2n) is 7.59. The van der Waals surface area contributed by atoms with Gasteiger partial charge >= 0.3 is 0 Å². The van der Waals surface area contributed by atoms with E-state index in [2.05, 4.69) is 5.10 Å². The zero-order valence-electron chi connectivity index (χ0n) is 16.6. The topological polar surface area (TPSA) is 58.4 Å². The van der Waals surface area contributed by atoms with Gasteiger partial charge in [0.05, 0.1) is 22.6 Å². The predicted octanol–water partition coefficient (Wildman–Crippen LogP) is 4.35. The van der Waals surface area contributed by atoms with E-state index in [0.29, 0.717) is 30.3 Å². The largest absolute Gasteiger partial charge is 0.508 e. The van der Waals surface area contributed by atoms with Crippen LogP contribution in [0.25, 0.3) is 5.69 Å². The van der Waals surface area contributed by atoms with Gasteiger partial charge in [-0.15, -0.1) is 0 Å². The fourth-order valence-corrected chi connectivity index (χ4v) is 4.11. The minimum absolute atomic E-state index is 0.00230. The highest BCUT2D eigenvalue weighted by Gasteiger charge is 2.28. The van der Waals surface area contributed by atoms with Crippen LogP contribution in [0.5, 0.6) is 5.75 Å². The molecule has 1 aliphatic heterocycles. The Hall–Kier alpha value is -3.15. The molecule has 0 aliphatic carbocycles. The summed E-state index contributed by atoms with van der Waals surface area (Å²) in [7, 11) is 0. The zero-order chi connectivity index (χ0) is 20.5. The number of rotatable bonds is 3. The standard InChI is InChI=1S/C23H24FN3O2/c1-15-22(16(2)27(25-15)20-7-5-19(24)6-8-20)23(29)26-13-11-18(12-14-26)17-3-9-21(28)10-4-17/h3-10,18,28H,11-14H2,1-2H3. The number of benzene rings is 2. The van der Waals surface area contributed by atoms with Crippen LogP contribution in [0.1, 0.15) is 46.1 Å². The van der Waals surface area contributed by atoms with Gasteiger partial charge in [0.25, 0.3) is 5.91 Å². The Balaban J connectivity index is 1.50. The summed E-state index contributed by atoms with van der Waals surface area (Å²) in [5.41, 5.74) is 4.00. The average molecular weight is 393 g/mol. The number of carbonyl (C=O) groups is 1. The molecule has 1 fully saturated rings. The molecule has 0 saturated carbocycles. The molecule has 1 aliphatic rings. The van der Waals surface area contributed by atoms with Crippen molar-refractivity contribution in [3.05, 3.63) is 76.9 Å². The molecular weight excluding hydrogens is 369 g/mol. The van der Waals surface area contributed by atoms with Gasteiger partial charge in [-0.2, -0.15) is 5.10 Å². The molecular formula is C23H24FN3O2. The van der Waals surface area contributed by atoms with E-state index in [1.54, 1.807) is 28.9 Å². The zero-order valence-corrected chi connectivity index (χ0v) is 16.6. The third-order valence-corrected chi connectivity index (χ3v) is 5.72. The Kier molecular flexibility index (Phi) is 5.09. The lowest BCUT2D eigenvalue weighted by Crippen LogP contribution is -2.38. The maximum Gasteiger partial charge on any atom is 0.257 e. The van der Waals surface area contributed by atoms with Gasteiger partial charge in [0, 0.05) is 13.1 Å². The van der Waals surface area contributed by atoms with Crippen molar-refractivity contribution in [3.8, 4) is 11.4 Å². The lowest BCUT2D eigenvalue weighted by atomic mass is 9.89. The van der Waals surface area contributed by atoms with E-state index >= 15 is 0 Å². The number of piperidine rings is 1. The highest BCUT2D eigenvalue weighted by Crippen LogP contribution is 2.30. The number of amides is 1. The molecule has 1 amide bonds. The van der Waals surface area contributed by atoms with Crippen molar-refractivity contribution in [2.75, 3.05) is 13.1 Å². The minimum atomic E-state index is -0.303. The van der Waals surface area contributed by atoms with Crippen LogP contribution in [-0.4, -0.2) is 38.8 Å². The van der Waals surface area contributed by atoms with Gasteiger partial charge in [-0.3, -0.25) is 4.79 Å². The first kappa shape index (κ1) is 19.2. The molecule has 2 heterocycles. The molecule has 0 atom stereocenters. The number of phenolic OH excluding ortho intramolecular Hbond substituents is 1. The van der Waals surface area contributed by atoms with Gasteiger partial charge in [-0.25, -0.2) is 9.07 Å². The maximum absolute atomic E-state index is 13.2. The van der Waals surface area contributed by atoms with Crippen LogP contribution in [0.4, 0.5) is 4.39 Å². The van der Waals surface area contributed by atoms with Gasteiger partial charge < -0.3 is 10.0 Å². The van der Waals surface area contributed by atoms with E-state index in [1.165, 1.54) is 17.7 Å². The van der Waals surface area contributed by atoms with Crippen molar-refractivity contribution < 1.29 is 14.3 Å². The van der Waals surface area contributed by atoms with Crippen molar-refractivity contribution in [2.24, 2.45) is 0 Å².